The predicted octanol–water partition coefficient (Wildman–Crippen LogP) is 0.745. The van der Waals surface area contributed by atoms with E-state index in [1.807, 2.05) is 12.1 Å². The number of carbonyl (C=O) groups excluding carboxylic acids is 2. The summed E-state index contributed by atoms with van der Waals surface area (Å²) in [6.07, 6.45) is 2.57. The van der Waals surface area contributed by atoms with E-state index >= 15 is 0 Å². The Balaban J connectivity index is 0.00000353. The number of nitrogens with one attached hydrogen (secondary N) is 1. The Morgan fingerprint density at radius 2 is 1.64 bits per heavy atom. The van der Waals surface area contributed by atoms with E-state index in [2.05, 4.69) is 34.3 Å². The third-order valence-electron chi connectivity index (χ3n) is 8.35. The van der Waals surface area contributed by atoms with Gasteiger partial charge in [0.05, 0.1) is 11.7 Å². The molecule has 3 aliphatic rings. The van der Waals surface area contributed by atoms with Crippen molar-refractivity contribution in [2.45, 2.75) is 32.4 Å². The number of halogens is 1. The molecule has 2 aromatic rings. The summed E-state index contributed by atoms with van der Waals surface area (Å²) in [5.41, 5.74) is 13.0. The lowest BCUT2D eigenvalue weighted by Gasteiger charge is -2.35. The first-order valence-electron chi connectivity index (χ1n) is 13.5. The molecule has 3 fully saturated rings. The number of likely N-dealkylation sites (tertiary alicyclic amines) is 1. The third kappa shape index (κ3) is 6.27. The molecule has 1 saturated carbocycles. The van der Waals surface area contributed by atoms with Crippen LogP contribution in [0, 0.1) is 17.8 Å². The average Bonchev–Trinajstić information content (AvgIpc) is 3.38. The van der Waals surface area contributed by atoms with E-state index in [4.69, 9.17) is 11.5 Å². The van der Waals surface area contributed by atoms with Crippen LogP contribution in [0.1, 0.15) is 19.4 Å². The summed E-state index contributed by atoms with van der Waals surface area (Å²) >= 11 is 0. The van der Waals surface area contributed by atoms with Crippen LogP contribution in [0.25, 0.3) is 5.69 Å². The van der Waals surface area contributed by atoms with Crippen LogP contribution in [0.2, 0.25) is 0 Å². The van der Waals surface area contributed by atoms with Crippen LogP contribution in [0.4, 0.5) is 10.6 Å². The molecule has 5 rings (SSSR count). The van der Waals surface area contributed by atoms with Gasteiger partial charge in [0.15, 0.2) is 0 Å². The van der Waals surface area contributed by atoms with Gasteiger partial charge >= 0.3 is 11.7 Å². The van der Waals surface area contributed by atoms with Crippen molar-refractivity contribution in [1.29, 1.82) is 0 Å². The number of nitrogens with zero attached hydrogens (tertiary/aromatic N) is 5. The van der Waals surface area contributed by atoms with Crippen molar-refractivity contribution >= 4 is 30.2 Å². The number of amides is 3. The fourth-order valence-corrected chi connectivity index (χ4v) is 5.93. The number of anilines is 1. The fourth-order valence-electron chi connectivity index (χ4n) is 5.93. The molecule has 2 aliphatic heterocycles. The number of piperidine rings is 1. The van der Waals surface area contributed by atoms with Crippen LogP contribution >= 0.6 is 12.4 Å². The SMILES string of the molecule is CC(Cc1ccc(-n2ccc(NC(=O)N3CCN(C(=O)[C@H](C)N)CC3)nc2=O)cc1)N1CC2C(CN)C2C1.Cl. The van der Waals surface area contributed by atoms with Gasteiger partial charge in [-0.05, 0) is 68.3 Å². The number of fused-ring (bicyclic) bond motifs is 1. The lowest BCUT2D eigenvalue weighted by molar-refractivity contribution is -0.133. The van der Waals surface area contributed by atoms with Gasteiger partial charge in [0, 0.05) is 51.5 Å². The van der Waals surface area contributed by atoms with Gasteiger partial charge in [-0.1, -0.05) is 12.1 Å². The summed E-state index contributed by atoms with van der Waals surface area (Å²) < 4.78 is 1.46. The maximum atomic E-state index is 12.7. The maximum absolute atomic E-state index is 12.7. The summed E-state index contributed by atoms with van der Waals surface area (Å²) in [7, 11) is 0. The summed E-state index contributed by atoms with van der Waals surface area (Å²) in [6.45, 7) is 8.67. The molecule has 3 amide bonds. The zero-order valence-electron chi connectivity index (χ0n) is 22.5. The van der Waals surface area contributed by atoms with E-state index in [1.165, 1.54) is 10.1 Å². The molecule has 1 aromatic carbocycles. The second kappa shape index (κ2) is 12.0. The molecule has 212 valence electrons. The largest absolute Gasteiger partial charge is 0.354 e. The molecule has 3 unspecified atom stereocenters. The van der Waals surface area contributed by atoms with Crippen molar-refractivity contribution in [2.24, 2.45) is 29.2 Å². The van der Waals surface area contributed by atoms with Crippen LogP contribution < -0.4 is 22.5 Å². The Labute approximate surface area is 234 Å². The first kappa shape index (κ1) is 29.0. The fraction of sp³-hybridized carbons (Fsp3) is 0.556. The number of benzene rings is 1. The molecular formula is C27H39ClN8O3. The molecule has 12 heteroatoms. The summed E-state index contributed by atoms with van der Waals surface area (Å²) in [5.74, 6) is 2.38. The molecule has 2 saturated heterocycles. The molecule has 4 atom stereocenters. The number of piperazine rings is 1. The van der Waals surface area contributed by atoms with Crippen LogP contribution in [-0.2, 0) is 11.2 Å². The number of rotatable bonds is 7. The highest BCUT2D eigenvalue weighted by Gasteiger charge is 2.55. The summed E-state index contributed by atoms with van der Waals surface area (Å²) in [4.78, 5) is 47.3. The number of aromatic nitrogens is 2. The lowest BCUT2D eigenvalue weighted by atomic mass is 10.0. The number of hydrogen-bond donors (Lipinski definition) is 3. The van der Waals surface area contributed by atoms with Crippen molar-refractivity contribution in [1.82, 2.24) is 24.3 Å². The molecule has 11 nitrogen and oxygen atoms in total. The van der Waals surface area contributed by atoms with Gasteiger partial charge in [-0.15, -0.1) is 12.4 Å². The Kier molecular flexibility index (Phi) is 8.95. The van der Waals surface area contributed by atoms with Crippen molar-refractivity contribution in [3.8, 4) is 5.69 Å². The monoisotopic (exact) mass is 558 g/mol. The zero-order chi connectivity index (χ0) is 27.0. The molecular weight excluding hydrogens is 520 g/mol. The molecule has 39 heavy (non-hydrogen) atoms. The Bertz CT molecular complexity index is 1220. The highest BCUT2D eigenvalue weighted by atomic mass is 35.5. The average molecular weight is 559 g/mol. The van der Waals surface area contributed by atoms with Crippen molar-refractivity contribution in [3.05, 3.63) is 52.6 Å². The Morgan fingerprint density at radius 1 is 1.03 bits per heavy atom. The van der Waals surface area contributed by atoms with E-state index in [1.54, 1.807) is 29.0 Å². The number of urea groups is 1. The number of carbonyl (C=O) groups is 2. The van der Waals surface area contributed by atoms with Gasteiger partial charge in [0.25, 0.3) is 0 Å². The van der Waals surface area contributed by atoms with E-state index in [0.29, 0.717) is 32.2 Å². The van der Waals surface area contributed by atoms with Crippen LogP contribution in [0.15, 0.2) is 41.3 Å². The van der Waals surface area contributed by atoms with E-state index in [0.717, 1.165) is 49.5 Å². The Morgan fingerprint density at radius 3 is 2.21 bits per heavy atom. The van der Waals surface area contributed by atoms with Crippen LogP contribution in [-0.4, -0.2) is 94.1 Å². The van der Waals surface area contributed by atoms with Crippen molar-refractivity contribution < 1.29 is 9.59 Å². The molecule has 5 N–H and O–H groups in total. The minimum Gasteiger partial charge on any atom is -0.338 e. The Hall–Kier alpha value is -2.99. The minimum atomic E-state index is -0.559. The van der Waals surface area contributed by atoms with Gasteiger partial charge in [-0.2, -0.15) is 4.98 Å². The molecule has 3 heterocycles. The highest BCUT2D eigenvalue weighted by molar-refractivity contribution is 5.88. The number of hydrogen-bond acceptors (Lipinski definition) is 7. The first-order chi connectivity index (χ1) is 18.2. The van der Waals surface area contributed by atoms with Gasteiger partial charge in [0.2, 0.25) is 5.91 Å². The molecule has 1 aliphatic carbocycles. The minimum absolute atomic E-state index is 0. The predicted molar refractivity (Wildman–Crippen MR) is 152 cm³/mol. The lowest BCUT2D eigenvalue weighted by Crippen LogP contribution is -2.54. The molecule has 0 radical (unpaired) electrons. The van der Waals surface area contributed by atoms with Gasteiger partial charge in [-0.25, -0.2) is 9.59 Å². The van der Waals surface area contributed by atoms with Crippen LogP contribution in [0.5, 0.6) is 0 Å². The third-order valence-corrected chi connectivity index (χ3v) is 8.35. The highest BCUT2D eigenvalue weighted by Crippen LogP contribution is 2.51. The topological polar surface area (TPSA) is 143 Å². The van der Waals surface area contributed by atoms with Crippen LogP contribution in [0.3, 0.4) is 0 Å². The molecule has 0 bridgehead atoms. The normalized spacial score (nSPS) is 23.9. The maximum Gasteiger partial charge on any atom is 0.354 e. The quantitative estimate of drug-likeness (QED) is 0.455. The summed E-state index contributed by atoms with van der Waals surface area (Å²) in [6, 6.07) is 9.14. The molecule has 1 aromatic heterocycles. The zero-order valence-corrected chi connectivity index (χ0v) is 23.3. The van der Waals surface area contributed by atoms with Gasteiger partial charge in [0.1, 0.15) is 5.82 Å². The van der Waals surface area contributed by atoms with E-state index < -0.39 is 11.7 Å². The van der Waals surface area contributed by atoms with Gasteiger partial charge in [-0.3, -0.25) is 19.6 Å². The van der Waals surface area contributed by atoms with Gasteiger partial charge < -0.3 is 21.3 Å². The smallest absolute Gasteiger partial charge is 0.338 e. The van der Waals surface area contributed by atoms with E-state index in [9.17, 15) is 14.4 Å². The standard InChI is InChI=1S/C27H38N8O3.ClH/c1-17(34-15-22-21(14-28)23(22)16-34)13-19-3-5-20(6-4-19)35-8-7-24(31-27(35)38)30-26(37)33-11-9-32(10-12-33)25(36)18(2)29;/h3-8,17-18,21-23H,9-16,28-29H2,1-2H3,(H,30,31,37,38);1H/t17?,18-,21?,22?,23?;/m0./s1. The summed E-state index contributed by atoms with van der Waals surface area (Å²) in [5, 5.41) is 2.69. The van der Waals surface area contributed by atoms with Crippen molar-refractivity contribution in [3.63, 3.8) is 0 Å². The number of nitrogens with two attached hydrogens (primary N) is 2. The molecule has 0 spiro atoms. The second-order valence-electron chi connectivity index (χ2n) is 10.9. The second-order valence-corrected chi connectivity index (χ2v) is 10.9. The van der Waals surface area contributed by atoms with Crippen molar-refractivity contribution in [2.75, 3.05) is 51.1 Å². The first-order valence-corrected chi connectivity index (χ1v) is 13.5. The van der Waals surface area contributed by atoms with E-state index in [-0.39, 0.29) is 30.2 Å².